The molecule has 7 nitrogen and oxygen atoms in total. The van der Waals surface area contributed by atoms with E-state index in [0.717, 1.165) is 0 Å². The Balaban J connectivity index is 2.14. The van der Waals surface area contributed by atoms with Gasteiger partial charge in [-0.2, -0.15) is 5.10 Å². The standard InChI is InChI=1S/C13H18N4O3S/c1-9(2)17-13(15-8-16-17)7-20-11-4-5-12(10(3)6-11)21(14,18)19/h4-6,8-9H,7H2,1-3H3,(H2,14,18,19). The van der Waals surface area contributed by atoms with Crippen LogP contribution in [0.15, 0.2) is 29.4 Å². The van der Waals surface area contributed by atoms with Crippen molar-refractivity contribution in [1.29, 1.82) is 0 Å². The van der Waals surface area contributed by atoms with Crippen LogP contribution in [0.5, 0.6) is 5.75 Å². The van der Waals surface area contributed by atoms with Crippen LogP contribution in [0.3, 0.4) is 0 Å². The fourth-order valence-electron chi connectivity index (χ4n) is 1.99. The summed E-state index contributed by atoms with van der Waals surface area (Å²) in [6.07, 6.45) is 1.48. The number of nitrogens with two attached hydrogens (primary N) is 1. The zero-order valence-electron chi connectivity index (χ0n) is 12.1. The minimum Gasteiger partial charge on any atom is -0.486 e. The lowest BCUT2D eigenvalue weighted by Gasteiger charge is -2.11. The first-order valence-corrected chi connectivity index (χ1v) is 7.98. The van der Waals surface area contributed by atoms with Crippen LogP contribution in [0.1, 0.15) is 31.3 Å². The van der Waals surface area contributed by atoms with E-state index in [1.807, 2.05) is 13.8 Å². The van der Waals surface area contributed by atoms with Gasteiger partial charge in [0.25, 0.3) is 0 Å². The summed E-state index contributed by atoms with van der Waals surface area (Å²) < 4.78 is 30.1. The van der Waals surface area contributed by atoms with E-state index < -0.39 is 10.0 Å². The Morgan fingerprint density at radius 3 is 2.67 bits per heavy atom. The Kier molecular flexibility index (Phi) is 4.29. The van der Waals surface area contributed by atoms with Crippen LogP contribution in [0.25, 0.3) is 0 Å². The Morgan fingerprint density at radius 1 is 1.38 bits per heavy atom. The van der Waals surface area contributed by atoms with Crippen molar-refractivity contribution in [1.82, 2.24) is 14.8 Å². The Bertz CT molecular complexity index is 738. The predicted molar refractivity (Wildman–Crippen MR) is 77.3 cm³/mol. The third kappa shape index (κ3) is 3.59. The summed E-state index contributed by atoms with van der Waals surface area (Å²) in [5, 5.41) is 9.24. The number of benzene rings is 1. The molecule has 0 fully saturated rings. The molecule has 0 aliphatic rings. The van der Waals surface area contributed by atoms with Gasteiger partial charge in [0.05, 0.1) is 4.90 Å². The zero-order valence-corrected chi connectivity index (χ0v) is 13.0. The number of hydrogen-bond donors (Lipinski definition) is 1. The molecule has 0 aliphatic heterocycles. The highest BCUT2D eigenvalue weighted by molar-refractivity contribution is 7.89. The lowest BCUT2D eigenvalue weighted by atomic mass is 10.2. The van der Waals surface area contributed by atoms with E-state index in [1.54, 1.807) is 23.7 Å². The molecule has 2 N–H and O–H groups in total. The molecular formula is C13H18N4O3S. The number of ether oxygens (including phenoxy) is 1. The smallest absolute Gasteiger partial charge is 0.238 e. The highest BCUT2D eigenvalue weighted by atomic mass is 32.2. The molecule has 0 aliphatic carbocycles. The first-order chi connectivity index (χ1) is 9.79. The van der Waals surface area contributed by atoms with Crippen molar-refractivity contribution in [2.24, 2.45) is 5.14 Å². The van der Waals surface area contributed by atoms with Gasteiger partial charge in [0.15, 0.2) is 5.82 Å². The summed E-state index contributed by atoms with van der Waals surface area (Å²) in [6, 6.07) is 4.84. The number of sulfonamides is 1. The van der Waals surface area contributed by atoms with Crippen LogP contribution in [0, 0.1) is 6.92 Å². The minimum atomic E-state index is -3.71. The largest absolute Gasteiger partial charge is 0.486 e. The first-order valence-electron chi connectivity index (χ1n) is 6.43. The van der Waals surface area contributed by atoms with E-state index in [4.69, 9.17) is 9.88 Å². The van der Waals surface area contributed by atoms with Gasteiger partial charge in [-0.25, -0.2) is 23.2 Å². The molecule has 0 bridgehead atoms. The van der Waals surface area contributed by atoms with E-state index >= 15 is 0 Å². The first kappa shape index (κ1) is 15.5. The van der Waals surface area contributed by atoms with E-state index in [-0.39, 0.29) is 17.5 Å². The molecule has 8 heteroatoms. The van der Waals surface area contributed by atoms with E-state index in [2.05, 4.69) is 10.1 Å². The molecule has 114 valence electrons. The number of aryl methyl sites for hydroxylation is 1. The van der Waals surface area contributed by atoms with Gasteiger partial charge in [-0.1, -0.05) is 0 Å². The molecule has 0 radical (unpaired) electrons. The van der Waals surface area contributed by atoms with Crippen molar-refractivity contribution in [3.8, 4) is 5.75 Å². The normalized spacial score (nSPS) is 11.9. The average Bonchev–Trinajstić information content (AvgIpc) is 2.83. The molecule has 2 aromatic rings. The van der Waals surface area contributed by atoms with Gasteiger partial charge in [-0.15, -0.1) is 0 Å². The summed E-state index contributed by atoms with van der Waals surface area (Å²) in [6.45, 7) is 5.93. The zero-order chi connectivity index (χ0) is 15.6. The van der Waals surface area contributed by atoms with Gasteiger partial charge < -0.3 is 4.74 Å². The molecule has 1 aromatic heterocycles. The molecular weight excluding hydrogens is 292 g/mol. The summed E-state index contributed by atoms with van der Waals surface area (Å²) >= 11 is 0. The molecule has 21 heavy (non-hydrogen) atoms. The van der Waals surface area contributed by atoms with Gasteiger partial charge >= 0.3 is 0 Å². The molecule has 1 aromatic carbocycles. The average molecular weight is 310 g/mol. The second-order valence-electron chi connectivity index (χ2n) is 4.98. The van der Waals surface area contributed by atoms with Gasteiger partial charge in [-0.05, 0) is 44.5 Å². The maximum Gasteiger partial charge on any atom is 0.238 e. The van der Waals surface area contributed by atoms with Crippen molar-refractivity contribution in [2.75, 3.05) is 0 Å². The lowest BCUT2D eigenvalue weighted by molar-refractivity contribution is 0.282. The van der Waals surface area contributed by atoms with Crippen molar-refractivity contribution >= 4 is 10.0 Å². The van der Waals surface area contributed by atoms with E-state index in [1.165, 1.54) is 12.4 Å². The second-order valence-corrected chi connectivity index (χ2v) is 6.51. The number of hydrogen-bond acceptors (Lipinski definition) is 5. The highest BCUT2D eigenvalue weighted by Gasteiger charge is 2.13. The lowest BCUT2D eigenvalue weighted by Crippen LogP contribution is -2.14. The van der Waals surface area contributed by atoms with Crippen molar-refractivity contribution in [3.05, 3.63) is 35.9 Å². The quantitative estimate of drug-likeness (QED) is 0.899. The van der Waals surface area contributed by atoms with Gasteiger partial charge in [0.1, 0.15) is 18.7 Å². The Labute approximate surface area is 123 Å². The highest BCUT2D eigenvalue weighted by Crippen LogP contribution is 2.21. The minimum absolute atomic E-state index is 0.0974. The van der Waals surface area contributed by atoms with E-state index in [0.29, 0.717) is 17.1 Å². The van der Waals surface area contributed by atoms with Crippen LogP contribution in [-0.2, 0) is 16.6 Å². The maximum atomic E-state index is 11.3. The number of primary sulfonamides is 1. The number of nitrogens with zero attached hydrogens (tertiary/aromatic N) is 3. The molecule has 0 unspecified atom stereocenters. The second kappa shape index (κ2) is 5.82. The van der Waals surface area contributed by atoms with Crippen molar-refractivity contribution in [2.45, 2.75) is 38.3 Å². The van der Waals surface area contributed by atoms with Gasteiger partial charge in [0.2, 0.25) is 10.0 Å². The third-order valence-electron chi connectivity index (χ3n) is 2.96. The molecule has 0 atom stereocenters. The monoisotopic (exact) mass is 310 g/mol. The van der Waals surface area contributed by atoms with Gasteiger partial charge in [0, 0.05) is 6.04 Å². The number of aromatic nitrogens is 3. The molecule has 0 saturated heterocycles. The fourth-order valence-corrected chi connectivity index (χ4v) is 2.75. The van der Waals surface area contributed by atoms with Crippen LogP contribution in [0.2, 0.25) is 0 Å². The Morgan fingerprint density at radius 2 is 2.10 bits per heavy atom. The SMILES string of the molecule is Cc1cc(OCc2ncnn2C(C)C)ccc1S(N)(=O)=O. The van der Waals surface area contributed by atoms with Crippen LogP contribution >= 0.6 is 0 Å². The molecule has 0 spiro atoms. The fraction of sp³-hybridized carbons (Fsp3) is 0.385. The molecule has 1 heterocycles. The summed E-state index contributed by atoms with van der Waals surface area (Å²) in [5.41, 5.74) is 0.542. The Hall–Kier alpha value is -1.93. The summed E-state index contributed by atoms with van der Waals surface area (Å²) in [5.74, 6) is 1.26. The van der Waals surface area contributed by atoms with Crippen LogP contribution in [-0.4, -0.2) is 23.2 Å². The van der Waals surface area contributed by atoms with E-state index in [9.17, 15) is 8.42 Å². The topological polar surface area (TPSA) is 100 Å². The van der Waals surface area contributed by atoms with Crippen LogP contribution < -0.4 is 9.88 Å². The summed E-state index contributed by atoms with van der Waals surface area (Å²) in [7, 11) is -3.71. The van der Waals surface area contributed by atoms with Crippen LogP contribution in [0.4, 0.5) is 0 Å². The van der Waals surface area contributed by atoms with Crippen molar-refractivity contribution in [3.63, 3.8) is 0 Å². The third-order valence-corrected chi connectivity index (χ3v) is 4.03. The molecule has 0 saturated carbocycles. The molecule has 2 rings (SSSR count). The predicted octanol–water partition coefficient (Wildman–Crippen LogP) is 1.39. The molecule has 0 amide bonds. The number of rotatable bonds is 5. The maximum absolute atomic E-state index is 11.3. The van der Waals surface area contributed by atoms with Crippen molar-refractivity contribution < 1.29 is 13.2 Å². The summed E-state index contributed by atoms with van der Waals surface area (Å²) in [4.78, 5) is 4.24. The van der Waals surface area contributed by atoms with Gasteiger partial charge in [-0.3, -0.25) is 0 Å².